The van der Waals surface area contributed by atoms with Crippen molar-refractivity contribution in [2.75, 3.05) is 33.4 Å². The molecule has 0 aliphatic carbocycles. The maximum absolute atomic E-state index is 12.5. The summed E-state index contributed by atoms with van der Waals surface area (Å²) in [6, 6.07) is 6.19. The molecule has 5 rings (SSSR count). The minimum absolute atomic E-state index is 0.0895. The summed E-state index contributed by atoms with van der Waals surface area (Å²) in [5, 5.41) is 11.5. The van der Waals surface area contributed by atoms with Crippen molar-refractivity contribution in [2.24, 2.45) is 11.8 Å². The zero-order valence-corrected chi connectivity index (χ0v) is 15.6. The third-order valence-electron chi connectivity index (χ3n) is 5.68. The highest BCUT2D eigenvalue weighted by Crippen LogP contribution is 2.37. The van der Waals surface area contributed by atoms with Gasteiger partial charge in [-0.05, 0) is 37.4 Å². The summed E-state index contributed by atoms with van der Waals surface area (Å²) < 4.78 is 6.92. The lowest BCUT2D eigenvalue weighted by molar-refractivity contribution is -0.133. The van der Waals surface area contributed by atoms with E-state index in [1.807, 2.05) is 29.1 Å². The van der Waals surface area contributed by atoms with Gasteiger partial charge < -0.3 is 10.1 Å². The first kappa shape index (κ1) is 18.1. The van der Waals surface area contributed by atoms with Gasteiger partial charge in [-0.2, -0.15) is 0 Å². The highest BCUT2D eigenvalue weighted by molar-refractivity contribution is 5.79. The Bertz CT molecular complexity index is 765. The molecule has 3 aliphatic heterocycles. The van der Waals surface area contributed by atoms with E-state index < -0.39 is 0 Å². The Morgan fingerprint density at radius 2 is 2.30 bits per heavy atom. The molecule has 4 atom stereocenters. The van der Waals surface area contributed by atoms with Crippen LogP contribution in [0, 0.1) is 11.8 Å². The molecule has 5 heterocycles. The summed E-state index contributed by atoms with van der Waals surface area (Å²) in [4.78, 5) is 19.2. The number of amides is 1. The molecule has 0 aromatic carbocycles. The Labute approximate surface area is 158 Å². The van der Waals surface area contributed by atoms with Crippen LogP contribution in [0.15, 0.2) is 30.6 Å². The van der Waals surface area contributed by atoms with Gasteiger partial charge in [-0.3, -0.25) is 19.4 Å². The van der Waals surface area contributed by atoms with Gasteiger partial charge in [0, 0.05) is 32.4 Å². The van der Waals surface area contributed by atoms with Gasteiger partial charge in [0.05, 0.1) is 31.0 Å². The molecule has 27 heavy (non-hydrogen) atoms. The van der Waals surface area contributed by atoms with Gasteiger partial charge in [0.1, 0.15) is 5.69 Å². The zero-order chi connectivity index (χ0) is 18.6. The molecule has 2 bridgehead atoms. The minimum atomic E-state index is 0.0895. The number of hydrogen-bond donors (Lipinski definition) is 1. The van der Waals surface area contributed by atoms with Crippen LogP contribution in [0.1, 0.15) is 12.8 Å². The van der Waals surface area contributed by atoms with E-state index in [4.69, 9.17) is 4.74 Å². The monoisotopic (exact) mass is 370 g/mol. The van der Waals surface area contributed by atoms with Crippen molar-refractivity contribution in [1.82, 2.24) is 30.2 Å². The molecule has 1 amide bonds. The number of fused-ring (bicyclic) bond motifs is 3. The number of pyridine rings is 1. The quantitative estimate of drug-likeness (QED) is 0.726. The zero-order valence-electron chi connectivity index (χ0n) is 15.6. The summed E-state index contributed by atoms with van der Waals surface area (Å²) in [5.41, 5.74) is 1.63. The topological polar surface area (TPSA) is 85.2 Å². The SMILES string of the molecule is COCCNC(=O)[C@@H]1CN2CC[C@@H]1C[C@@H]2Cn1cc(-c2ccccn2)nn1. The van der Waals surface area contributed by atoms with Gasteiger partial charge >= 0.3 is 0 Å². The van der Waals surface area contributed by atoms with E-state index in [0.717, 1.165) is 43.9 Å². The van der Waals surface area contributed by atoms with E-state index in [1.165, 1.54) is 0 Å². The normalized spacial score (nSPS) is 26.9. The van der Waals surface area contributed by atoms with Crippen LogP contribution in [0.4, 0.5) is 0 Å². The molecule has 1 N–H and O–H groups in total. The van der Waals surface area contributed by atoms with Crippen molar-refractivity contribution in [1.29, 1.82) is 0 Å². The van der Waals surface area contributed by atoms with Crippen molar-refractivity contribution in [3.63, 3.8) is 0 Å². The number of nitrogens with zero attached hydrogens (tertiary/aromatic N) is 5. The van der Waals surface area contributed by atoms with Gasteiger partial charge in [-0.25, -0.2) is 0 Å². The third-order valence-corrected chi connectivity index (χ3v) is 5.68. The highest BCUT2D eigenvalue weighted by Gasteiger charge is 2.43. The number of nitrogens with one attached hydrogen (secondary N) is 1. The van der Waals surface area contributed by atoms with Crippen LogP contribution in [0.2, 0.25) is 0 Å². The largest absolute Gasteiger partial charge is 0.383 e. The van der Waals surface area contributed by atoms with Crippen molar-refractivity contribution >= 4 is 5.91 Å². The summed E-state index contributed by atoms with van der Waals surface area (Å²) in [6.07, 6.45) is 5.84. The Kier molecular flexibility index (Phi) is 5.45. The predicted molar refractivity (Wildman–Crippen MR) is 99.7 cm³/mol. The van der Waals surface area contributed by atoms with E-state index >= 15 is 0 Å². The molecule has 3 saturated heterocycles. The van der Waals surface area contributed by atoms with Crippen LogP contribution in [0.3, 0.4) is 0 Å². The van der Waals surface area contributed by atoms with E-state index in [0.29, 0.717) is 25.1 Å². The van der Waals surface area contributed by atoms with Gasteiger partial charge in [-0.15, -0.1) is 5.10 Å². The summed E-state index contributed by atoms with van der Waals surface area (Å²) in [5.74, 6) is 0.700. The molecule has 3 aliphatic rings. The molecule has 2 aromatic heterocycles. The summed E-state index contributed by atoms with van der Waals surface area (Å²) in [7, 11) is 1.65. The average Bonchev–Trinajstić information content (AvgIpc) is 3.18. The molecule has 3 fully saturated rings. The molecule has 0 spiro atoms. The number of piperidine rings is 3. The Morgan fingerprint density at radius 1 is 1.37 bits per heavy atom. The number of ether oxygens (including phenoxy) is 1. The van der Waals surface area contributed by atoms with Crippen molar-refractivity contribution in [2.45, 2.75) is 25.4 Å². The lowest BCUT2D eigenvalue weighted by Crippen LogP contribution is -2.58. The molecule has 144 valence electrons. The van der Waals surface area contributed by atoms with E-state index in [9.17, 15) is 4.79 Å². The van der Waals surface area contributed by atoms with Crippen LogP contribution >= 0.6 is 0 Å². The fourth-order valence-corrected chi connectivity index (χ4v) is 4.27. The fourth-order valence-electron chi connectivity index (χ4n) is 4.27. The Balaban J connectivity index is 1.36. The van der Waals surface area contributed by atoms with Crippen LogP contribution in [-0.4, -0.2) is 70.2 Å². The molecule has 0 saturated carbocycles. The smallest absolute Gasteiger partial charge is 0.224 e. The summed E-state index contributed by atoms with van der Waals surface area (Å²) >= 11 is 0. The first-order valence-corrected chi connectivity index (χ1v) is 9.57. The average molecular weight is 370 g/mol. The molecule has 0 radical (unpaired) electrons. The lowest BCUT2D eigenvalue weighted by Gasteiger charge is -2.49. The van der Waals surface area contributed by atoms with Gasteiger partial charge in [0.2, 0.25) is 5.91 Å². The number of aromatic nitrogens is 4. The highest BCUT2D eigenvalue weighted by atomic mass is 16.5. The molecule has 8 heteroatoms. The standard InChI is InChI=1S/C19H26N6O2/c1-27-9-7-21-19(26)16-12-24-8-5-14(16)10-15(24)11-25-13-18(22-23-25)17-4-2-3-6-20-17/h2-4,6,13-16H,5,7-12H2,1H3,(H,21,26)/t14-,15-,16-/m1/s1. The van der Waals surface area contributed by atoms with E-state index in [-0.39, 0.29) is 11.8 Å². The predicted octanol–water partition coefficient (Wildman–Crippen LogP) is 0.813. The van der Waals surface area contributed by atoms with Crippen LogP contribution in [0.25, 0.3) is 11.4 Å². The maximum Gasteiger partial charge on any atom is 0.224 e. The van der Waals surface area contributed by atoms with Gasteiger partial charge in [-0.1, -0.05) is 11.3 Å². The molecular formula is C19H26N6O2. The number of carbonyl (C=O) groups excluding carboxylic acids is 1. The maximum atomic E-state index is 12.5. The van der Waals surface area contributed by atoms with E-state index in [2.05, 4.69) is 25.5 Å². The van der Waals surface area contributed by atoms with Gasteiger partial charge in [0.25, 0.3) is 0 Å². The molecule has 1 unspecified atom stereocenters. The third kappa shape index (κ3) is 4.01. The number of methoxy groups -OCH3 is 1. The molecule has 2 aromatic rings. The first-order valence-electron chi connectivity index (χ1n) is 9.57. The Hall–Kier alpha value is -2.32. The second-order valence-electron chi connectivity index (χ2n) is 7.36. The van der Waals surface area contributed by atoms with Crippen molar-refractivity contribution in [3.8, 4) is 11.4 Å². The van der Waals surface area contributed by atoms with Gasteiger partial charge in [0.15, 0.2) is 0 Å². The van der Waals surface area contributed by atoms with Crippen LogP contribution in [0.5, 0.6) is 0 Å². The first-order chi connectivity index (χ1) is 13.2. The lowest BCUT2D eigenvalue weighted by atomic mass is 9.75. The number of hydrogen-bond acceptors (Lipinski definition) is 6. The fraction of sp³-hybridized carbons (Fsp3) is 0.579. The second-order valence-corrected chi connectivity index (χ2v) is 7.36. The summed E-state index contributed by atoms with van der Waals surface area (Å²) in [6.45, 7) is 3.82. The van der Waals surface area contributed by atoms with Crippen LogP contribution < -0.4 is 5.32 Å². The van der Waals surface area contributed by atoms with Crippen LogP contribution in [-0.2, 0) is 16.1 Å². The number of carbonyl (C=O) groups is 1. The molecular weight excluding hydrogens is 344 g/mol. The van der Waals surface area contributed by atoms with E-state index in [1.54, 1.807) is 13.3 Å². The number of rotatable bonds is 7. The van der Waals surface area contributed by atoms with Crippen molar-refractivity contribution < 1.29 is 9.53 Å². The second kappa shape index (κ2) is 8.14. The molecule has 8 nitrogen and oxygen atoms in total. The minimum Gasteiger partial charge on any atom is -0.383 e. The Morgan fingerprint density at radius 3 is 3.04 bits per heavy atom. The van der Waals surface area contributed by atoms with Crippen molar-refractivity contribution in [3.05, 3.63) is 30.6 Å².